The molecule has 2 aromatic heterocycles. The molecule has 0 bridgehead atoms. The van der Waals surface area contributed by atoms with Crippen molar-refractivity contribution in [3.63, 3.8) is 0 Å². The first-order valence-electron chi connectivity index (χ1n) is 11.9. The molecule has 1 aliphatic heterocycles. The topological polar surface area (TPSA) is 128 Å². The number of nitrogens with two attached hydrogens (primary N) is 1. The first-order valence-corrected chi connectivity index (χ1v) is 13.4. The third kappa shape index (κ3) is 5.08. The number of nitrogens with zero attached hydrogens (tertiary/aromatic N) is 3. The van der Waals surface area contributed by atoms with E-state index in [2.05, 4.69) is 16.6 Å². The van der Waals surface area contributed by atoms with Crippen LogP contribution < -0.4 is 20.1 Å². The van der Waals surface area contributed by atoms with E-state index in [9.17, 15) is 17.6 Å². The zero-order chi connectivity index (χ0) is 27.0. The summed E-state index contributed by atoms with van der Waals surface area (Å²) in [5.41, 5.74) is 6.36. The number of hydrogen-bond acceptors (Lipinski definition) is 8. The van der Waals surface area contributed by atoms with Crippen LogP contribution in [0.5, 0.6) is 5.75 Å². The summed E-state index contributed by atoms with van der Waals surface area (Å²) in [6.07, 6.45) is 2.22. The number of nitrogens with one attached hydrogen (secondary N) is 1. The molecule has 196 valence electrons. The Labute approximate surface area is 215 Å². The van der Waals surface area contributed by atoms with Gasteiger partial charge in [0.15, 0.2) is 11.6 Å². The van der Waals surface area contributed by atoms with Crippen molar-refractivity contribution < 1.29 is 22.3 Å². The van der Waals surface area contributed by atoms with Gasteiger partial charge in [-0.05, 0) is 75.6 Å². The molecule has 1 fully saturated rings. The smallest absolute Gasteiger partial charge is 0.268 e. The number of rotatable bonds is 7. The lowest BCUT2D eigenvalue weighted by Gasteiger charge is -2.36. The fourth-order valence-corrected chi connectivity index (χ4v) is 5.45. The average Bonchev–Trinajstić information content (AvgIpc) is 3.11. The molecule has 0 radical (unpaired) electrons. The van der Waals surface area contributed by atoms with Crippen LogP contribution in [0.25, 0.3) is 11.3 Å². The molecule has 1 saturated heterocycles. The molecule has 1 atom stereocenters. The molecular formula is C26H30FN5O4S. The normalized spacial score (nSPS) is 17.0. The van der Waals surface area contributed by atoms with Gasteiger partial charge < -0.3 is 15.4 Å². The summed E-state index contributed by atoms with van der Waals surface area (Å²) >= 11 is 0. The minimum atomic E-state index is -4.29. The number of ether oxygens (including phenoxy) is 1. The van der Waals surface area contributed by atoms with Gasteiger partial charge in [0.1, 0.15) is 16.5 Å². The van der Waals surface area contributed by atoms with Crippen molar-refractivity contribution in [2.24, 2.45) is 5.92 Å². The fraction of sp³-hybridized carbons (Fsp3) is 0.346. The molecule has 9 nitrogen and oxygen atoms in total. The quantitative estimate of drug-likeness (QED) is 0.472. The Morgan fingerprint density at radius 1 is 1.27 bits per heavy atom. The summed E-state index contributed by atoms with van der Waals surface area (Å²) in [6, 6.07) is 10.3. The van der Waals surface area contributed by atoms with Gasteiger partial charge in [0, 0.05) is 23.8 Å². The molecule has 1 unspecified atom stereocenters. The van der Waals surface area contributed by atoms with Gasteiger partial charge in [-0.25, -0.2) is 27.5 Å². The van der Waals surface area contributed by atoms with Gasteiger partial charge in [0.2, 0.25) is 0 Å². The minimum Gasteiger partial charge on any atom is -0.491 e. The number of pyridine rings is 2. The molecule has 0 saturated carbocycles. The van der Waals surface area contributed by atoms with Crippen LogP contribution in [-0.4, -0.2) is 43.0 Å². The molecule has 0 spiro atoms. The van der Waals surface area contributed by atoms with E-state index < -0.39 is 21.7 Å². The van der Waals surface area contributed by atoms with Gasteiger partial charge in [-0.1, -0.05) is 6.92 Å². The summed E-state index contributed by atoms with van der Waals surface area (Å²) in [5.74, 6) is -0.866. The van der Waals surface area contributed by atoms with E-state index >= 15 is 0 Å². The van der Waals surface area contributed by atoms with E-state index in [-0.39, 0.29) is 33.5 Å². The number of carbonyl (C=O) groups excluding carboxylic acids is 1. The van der Waals surface area contributed by atoms with Gasteiger partial charge in [0.25, 0.3) is 15.9 Å². The molecule has 4 rings (SSSR count). The van der Waals surface area contributed by atoms with Crippen LogP contribution in [0.4, 0.5) is 16.0 Å². The van der Waals surface area contributed by atoms with Crippen LogP contribution in [0.3, 0.4) is 0 Å². The number of nitrogen functional groups attached to an aromatic ring is 1. The molecule has 1 aliphatic rings. The lowest BCUT2D eigenvalue weighted by Crippen LogP contribution is -2.43. The molecule has 3 N–H and O–H groups in total. The standard InChI is InChI=1S/C26H30FN5O4S/c1-5-36-21-11-8-17(15-19(21)27)20-10-9-18(24(30-20)32-14-12-16(2)26(32,3)4)25(33)31-37(34,35)22-7-6-13-29-23(22)28/h6-11,13,15-16H,5,12,14H2,1-4H3,(H2,28,29)(H,31,33). The van der Waals surface area contributed by atoms with Crippen LogP contribution in [0.15, 0.2) is 53.6 Å². The zero-order valence-electron chi connectivity index (χ0n) is 21.2. The Morgan fingerprint density at radius 3 is 2.65 bits per heavy atom. The van der Waals surface area contributed by atoms with Crippen LogP contribution in [0, 0.1) is 11.7 Å². The maximum absolute atomic E-state index is 14.6. The van der Waals surface area contributed by atoms with E-state index in [1.165, 1.54) is 36.5 Å². The van der Waals surface area contributed by atoms with Crippen molar-refractivity contribution in [3.8, 4) is 17.0 Å². The highest BCUT2D eigenvalue weighted by molar-refractivity contribution is 7.90. The number of benzene rings is 1. The Bertz CT molecular complexity index is 1440. The predicted molar refractivity (Wildman–Crippen MR) is 139 cm³/mol. The maximum atomic E-state index is 14.6. The second kappa shape index (κ2) is 9.97. The van der Waals surface area contributed by atoms with E-state index in [4.69, 9.17) is 15.5 Å². The fourth-order valence-electron chi connectivity index (χ4n) is 4.40. The summed E-state index contributed by atoms with van der Waals surface area (Å²) in [6.45, 7) is 8.92. The van der Waals surface area contributed by atoms with Crippen molar-refractivity contribution in [3.05, 3.63) is 60.0 Å². The Balaban J connectivity index is 1.77. The number of hydrogen-bond donors (Lipinski definition) is 2. The van der Waals surface area contributed by atoms with E-state index in [0.717, 1.165) is 6.42 Å². The summed E-state index contributed by atoms with van der Waals surface area (Å²) in [7, 11) is -4.29. The SMILES string of the molecule is CCOc1ccc(-c2ccc(C(=O)NS(=O)(=O)c3cccnc3N)c(N3CCC(C)C3(C)C)n2)cc1F. The zero-order valence-corrected chi connectivity index (χ0v) is 22.0. The van der Waals surface area contributed by atoms with E-state index in [1.807, 2.05) is 18.7 Å². The highest BCUT2D eigenvalue weighted by Gasteiger charge is 2.41. The molecule has 3 aromatic rings. The summed E-state index contributed by atoms with van der Waals surface area (Å²) in [4.78, 5) is 23.6. The summed E-state index contributed by atoms with van der Waals surface area (Å²) in [5, 5.41) is 0. The highest BCUT2D eigenvalue weighted by Crippen LogP contribution is 2.39. The number of anilines is 2. The van der Waals surface area contributed by atoms with Crippen LogP contribution in [0.2, 0.25) is 0 Å². The molecule has 3 heterocycles. The average molecular weight is 528 g/mol. The lowest BCUT2D eigenvalue weighted by atomic mass is 9.90. The highest BCUT2D eigenvalue weighted by atomic mass is 32.2. The molecule has 11 heteroatoms. The second-order valence-corrected chi connectivity index (χ2v) is 11.1. The van der Waals surface area contributed by atoms with Gasteiger partial charge >= 0.3 is 0 Å². The molecule has 1 amide bonds. The van der Waals surface area contributed by atoms with Crippen LogP contribution >= 0.6 is 0 Å². The van der Waals surface area contributed by atoms with E-state index in [1.54, 1.807) is 19.1 Å². The van der Waals surface area contributed by atoms with Gasteiger partial charge in [0.05, 0.1) is 17.9 Å². The first-order chi connectivity index (χ1) is 17.5. The predicted octanol–water partition coefficient (Wildman–Crippen LogP) is 4.01. The number of carbonyl (C=O) groups is 1. The van der Waals surface area contributed by atoms with Crippen LogP contribution in [0.1, 0.15) is 44.5 Å². The van der Waals surface area contributed by atoms with Crippen LogP contribution in [-0.2, 0) is 10.0 Å². The minimum absolute atomic E-state index is 0.0726. The number of halogens is 1. The van der Waals surface area contributed by atoms with Crippen molar-refractivity contribution >= 4 is 27.6 Å². The van der Waals surface area contributed by atoms with Crippen molar-refractivity contribution in [2.45, 2.75) is 44.6 Å². The second-order valence-electron chi connectivity index (χ2n) is 9.46. The Hall–Kier alpha value is -3.73. The number of amides is 1. The summed E-state index contributed by atoms with van der Waals surface area (Å²) < 4.78 is 47.8. The van der Waals surface area contributed by atoms with Crippen molar-refractivity contribution in [2.75, 3.05) is 23.8 Å². The molecule has 37 heavy (non-hydrogen) atoms. The van der Waals surface area contributed by atoms with Crippen molar-refractivity contribution in [1.29, 1.82) is 0 Å². The molecule has 0 aliphatic carbocycles. The largest absolute Gasteiger partial charge is 0.491 e. The lowest BCUT2D eigenvalue weighted by molar-refractivity contribution is 0.0981. The third-order valence-electron chi connectivity index (χ3n) is 6.91. The number of sulfonamides is 1. The van der Waals surface area contributed by atoms with Gasteiger partial charge in [-0.2, -0.15) is 0 Å². The van der Waals surface area contributed by atoms with Crippen molar-refractivity contribution in [1.82, 2.24) is 14.7 Å². The van der Waals surface area contributed by atoms with E-state index in [0.29, 0.717) is 30.2 Å². The number of aromatic nitrogens is 2. The maximum Gasteiger partial charge on any atom is 0.268 e. The molecular weight excluding hydrogens is 497 g/mol. The third-order valence-corrected chi connectivity index (χ3v) is 8.28. The van der Waals surface area contributed by atoms with Gasteiger partial charge in [-0.15, -0.1) is 0 Å². The Kier molecular flexibility index (Phi) is 7.09. The first kappa shape index (κ1) is 26.3. The monoisotopic (exact) mass is 527 g/mol. The molecule has 1 aromatic carbocycles. The van der Waals surface area contributed by atoms with Gasteiger partial charge in [-0.3, -0.25) is 4.79 Å². The Morgan fingerprint density at radius 2 is 2.03 bits per heavy atom.